The number of aromatic hydroxyl groups is 1. The van der Waals surface area contributed by atoms with Crippen LogP contribution in [0.15, 0.2) is 18.2 Å². The summed E-state index contributed by atoms with van der Waals surface area (Å²) in [5.74, 6) is -0.909. The summed E-state index contributed by atoms with van der Waals surface area (Å²) < 4.78 is 4.73. The number of benzene rings is 1. The van der Waals surface area contributed by atoms with E-state index in [4.69, 9.17) is 10.5 Å². The predicted octanol–water partition coefficient (Wildman–Crippen LogP) is 1.25. The van der Waals surface area contributed by atoms with Gasteiger partial charge in [0.15, 0.2) is 5.75 Å². The first-order chi connectivity index (χ1) is 8.45. The van der Waals surface area contributed by atoms with Crippen LogP contribution < -0.4 is 5.73 Å². The van der Waals surface area contributed by atoms with Gasteiger partial charge in [-0.2, -0.15) is 0 Å². The predicted molar refractivity (Wildman–Crippen MR) is 62.9 cm³/mol. The maximum atomic E-state index is 11.2. The molecule has 1 aromatic rings. The molecular weight excluding hydrogens is 240 g/mol. The van der Waals surface area contributed by atoms with Crippen molar-refractivity contribution < 1.29 is 19.6 Å². The molecule has 7 heteroatoms. The fourth-order valence-corrected chi connectivity index (χ4v) is 1.43. The summed E-state index contributed by atoms with van der Waals surface area (Å²) in [6.07, 6.45) is -0.0736. The minimum Gasteiger partial charge on any atom is -0.502 e. The molecule has 0 aliphatic carbocycles. The van der Waals surface area contributed by atoms with Gasteiger partial charge in [-0.25, -0.2) is 0 Å². The zero-order valence-electron chi connectivity index (χ0n) is 9.83. The van der Waals surface area contributed by atoms with E-state index in [0.29, 0.717) is 5.56 Å². The highest BCUT2D eigenvalue weighted by atomic mass is 16.6. The van der Waals surface area contributed by atoms with Crippen molar-refractivity contribution in [3.05, 3.63) is 33.9 Å². The Hall–Kier alpha value is -2.15. The molecule has 7 nitrogen and oxygen atoms in total. The fraction of sp³-hybridized carbons (Fsp3) is 0.364. The molecule has 0 aliphatic heterocycles. The van der Waals surface area contributed by atoms with Crippen molar-refractivity contribution >= 4 is 11.7 Å². The van der Waals surface area contributed by atoms with Crippen LogP contribution in [0.2, 0.25) is 0 Å². The summed E-state index contributed by atoms with van der Waals surface area (Å²) in [5, 5.41) is 19.9. The number of phenols is 1. The first-order valence-electron chi connectivity index (χ1n) is 5.34. The van der Waals surface area contributed by atoms with Crippen molar-refractivity contribution in [3.63, 3.8) is 0 Å². The van der Waals surface area contributed by atoms with Crippen LogP contribution in [0.25, 0.3) is 0 Å². The van der Waals surface area contributed by atoms with Crippen molar-refractivity contribution in [2.75, 3.05) is 6.61 Å². The maximum Gasteiger partial charge on any atom is 0.311 e. The van der Waals surface area contributed by atoms with Gasteiger partial charge in [0, 0.05) is 12.1 Å². The summed E-state index contributed by atoms with van der Waals surface area (Å²) in [6, 6.07) is 3.06. The third kappa shape index (κ3) is 3.42. The molecule has 0 aromatic heterocycles. The van der Waals surface area contributed by atoms with E-state index in [1.807, 2.05) is 0 Å². The van der Waals surface area contributed by atoms with E-state index in [9.17, 15) is 20.0 Å². The highest BCUT2D eigenvalue weighted by Gasteiger charge is 2.18. The fourth-order valence-electron chi connectivity index (χ4n) is 1.43. The largest absolute Gasteiger partial charge is 0.502 e. The van der Waals surface area contributed by atoms with Crippen molar-refractivity contribution in [2.45, 2.75) is 19.4 Å². The molecule has 1 rings (SSSR count). The van der Waals surface area contributed by atoms with E-state index >= 15 is 0 Å². The number of hydrogen-bond donors (Lipinski definition) is 2. The molecule has 18 heavy (non-hydrogen) atoms. The number of carbonyl (C=O) groups is 1. The number of rotatable bonds is 5. The van der Waals surface area contributed by atoms with Gasteiger partial charge in [-0.05, 0) is 18.6 Å². The molecule has 0 heterocycles. The Morgan fingerprint density at radius 2 is 2.28 bits per heavy atom. The van der Waals surface area contributed by atoms with Gasteiger partial charge in [0.1, 0.15) is 0 Å². The Morgan fingerprint density at radius 1 is 1.61 bits per heavy atom. The molecule has 0 spiro atoms. The number of nitrogens with two attached hydrogens (primary N) is 1. The summed E-state index contributed by atoms with van der Waals surface area (Å²) in [6.45, 7) is 1.93. The average Bonchev–Trinajstić information content (AvgIpc) is 2.29. The molecule has 0 aliphatic rings. The Kier molecular flexibility index (Phi) is 4.61. The van der Waals surface area contributed by atoms with Gasteiger partial charge in [0.2, 0.25) is 0 Å². The molecule has 0 saturated carbocycles. The van der Waals surface area contributed by atoms with Crippen LogP contribution in [0.4, 0.5) is 5.69 Å². The Labute approximate surface area is 103 Å². The lowest BCUT2D eigenvalue weighted by Gasteiger charge is -2.11. The van der Waals surface area contributed by atoms with Gasteiger partial charge in [0.05, 0.1) is 18.0 Å². The smallest absolute Gasteiger partial charge is 0.311 e. The number of nitro groups is 1. The Bertz CT molecular complexity index is 461. The normalized spacial score (nSPS) is 11.9. The molecule has 1 atom stereocenters. The molecule has 0 radical (unpaired) electrons. The molecular formula is C11H14N2O5. The number of nitro benzene ring substituents is 1. The number of carbonyl (C=O) groups excluding carboxylic acids is 1. The SMILES string of the molecule is CCOC(=O)C[C@H](N)c1ccc(O)c([N+](=O)[O-])c1. The highest BCUT2D eigenvalue weighted by molar-refractivity contribution is 5.70. The van der Waals surface area contributed by atoms with Gasteiger partial charge in [0.25, 0.3) is 0 Å². The lowest BCUT2D eigenvalue weighted by molar-refractivity contribution is -0.385. The van der Waals surface area contributed by atoms with Gasteiger partial charge in [-0.15, -0.1) is 0 Å². The van der Waals surface area contributed by atoms with E-state index in [1.165, 1.54) is 12.1 Å². The standard InChI is InChI=1S/C11H14N2O5/c1-2-18-11(15)6-8(12)7-3-4-10(14)9(5-7)13(16)17/h3-5,8,14H,2,6,12H2,1H3/t8-/m0/s1. The second kappa shape index (κ2) is 5.97. The van der Waals surface area contributed by atoms with Gasteiger partial charge in [-0.3, -0.25) is 14.9 Å². The lowest BCUT2D eigenvalue weighted by atomic mass is 10.0. The molecule has 0 fully saturated rings. The van der Waals surface area contributed by atoms with Gasteiger partial charge in [-0.1, -0.05) is 6.07 Å². The molecule has 0 unspecified atom stereocenters. The van der Waals surface area contributed by atoms with Crippen LogP contribution >= 0.6 is 0 Å². The first kappa shape index (κ1) is 13.9. The van der Waals surface area contributed by atoms with Crippen molar-refractivity contribution in [3.8, 4) is 5.75 Å². The minimum atomic E-state index is -0.712. The molecule has 1 aromatic carbocycles. The number of hydrogen-bond acceptors (Lipinski definition) is 6. The number of ether oxygens (including phenoxy) is 1. The van der Waals surface area contributed by atoms with Crippen LogP contribution in [0, 0.1) is 10.1 Å². The molecule has 3 N–H and O–H groups in total. The number of phenolic OH excluding ortho intramolecular Hbond substituents is 1. The lowest BCUT2D eigenvalue weighted by Crippen LogP contribution is -2.17. The zero-order valence-corrected chi connectivity index (χ0v) is 9.83. The summed E-state index contributed by atoms with van der Waals surface area (Å²) in [7, 11) is 0. The second-order valence-electron chi connectivity index (χ2n) is 3.62. The van der Waals surface area contributed by atoms with E-state index in [-0.39, 0.29) is 13.0 Å². The quantitative estimate of drug-likeness (QED) is 0.464. The van der Waals surface area contributed by atoms with Crippen molar-refractivity contribution in [1.29, 1.82) is 0 Å². The van der Waals surface area contributed by atoms with Crippen LogP contribution in [-0.4, -0.2) is 22.6 Å². The monoisotopic (exact) mass is 254 g/mol. The van der Waals surface area contributed by atoms with E-state index < -0.39 is 28.4 Å². The first-order valence-corrected chi connectivity index (χ1v) is 5.34. The molecule has 0 bridgehead atoms. The van der Waals surface area contributed by atoms with Crippen molar-refractivity contribution in [2.24, 2.45) is 5.73 Å². The third-order valence-corrected chi connectivity index (χ3v) is 2.32. The van der Waals surface area contributed by atoms with Crippen LogP contribution in [0.3, 0.4) is 0 Å². The van der Waals surface area contributed by atoms with E-state index in [2.05, 4.69) is 0 Å². The average molecular weight is 254 g/mol. The molecule has 0 amide bonds. The maximum absolute atomic E-state index is 11.2. The minimum absolute atomic E-state index is 0.0736. The topological polar surface area (TPSA) is 116 Å². The third-order valence-electron chi connectivity index (χ3n) is 2.32. The molecule has 0 saturated heterocycles. The molecule has 98 valence electrons. The van der Waals surface area contributed by atoms with Crippen LogP contribution in [0.5, 0.6) is 5.75 Å². The summed E-state index contributed by atoms with van der Waals surface area (Å²) in [5.41, 5.74) is 5.70. The number of esters is 1. The highest BCUT2D eigenvalue weighted by Crippen LogP contribution is 2.29. The van der Waals surface area contributed by atoms with Gasteiger partial charge < -0.3 is 15.6 Å². The second-order valence-corrected chi connectivity index (χ2v) is 3.62. The van der Waals surface area contributed by atoms with Crippen LogP contribution in [-0.2, 0) is 9.53 Å². The Balaban J connectivity index is 2.86. The number of nitrogens with zero attached hydrogens (tertiary/aromatic N) is 1. The summed E-state index contributed by atoms with van der Waals surface area (Å²) >= 11 is 0. The zero-order chi connectivity index (χ0) is 13.7. The van der Waals surface area contributed by atoms with E-state index in [1.54, 1.807) is 6.92 Å². The van der Waals surface area contributed by atoms with Crippen LogP contribution in [0.1, 0.15) is 24.9 Å². The van der Waals surface area contributed by atoms with Crippen molar-refractivity contribution in [1.82, 2.24) is 0 Å². The summed E-state index contributed by atoms with van der Waals surface area (Å²) in [4.78, 5) is 21.1. The Morgan fingerprint density at radius 3 is 2.83 bits per heavy atom. The van der Waals surface area contributed by atoms with Gasteiger partial charge >= 0.3 is 11.7 Å². The van der Waals surface area contributed by atoms with E-state index in [0.717, 1.165) is 6.07 Å².